The Hall–Kier alpha value is -2.31. The summed E-state index contributed by atoms with van der Waals surface area (Å²) in [6.07, 6.45) is 4.66. The van der Waals surface area contributed by atoms with Gasteiger partial charge in [-0.1, -0.05) is 57.6 Å². The minimum Gasteiger partial charge on any atom is -0.477 e. The van der Waals surface area contributed by atoms with Crippen LogP contribution in [0, 0.1) is 0 Å². The van der Waals surface area contributed by atoms with E-state index in [1.165, 1.54) is 24.3 Å². The molecule has 2 rings (SSSR count). The van der Waals surface area contributed by atoms with Crippen LogP contribution < -0.4 is 0 Å². The first kappa shape index (κ1) is 20.0. The van der Waals surface area contributed by atoms with Crippen LogP contribution in [0.5, 0.6) is 0 Å². The lowest BCUT2D eigenvalue weighted by molar-refractivity contribution is -0.172. The van der Waals surface area contributed by atoms with Gasteiger partial charge in [0.05, 0.1) is 11.1 Å². The van der Waals surface area contributed by atoms with Gasteiger partial charge in [-0.25, -0.2) is 4.79 Å². The highest BCUT2D eigenvalue weighted by atomic mass is 19.3. The summed E-state index contributed by atoms with van der Waals surface area (Å²) in [7, 11) is 0. The molecule has 1 aromatic carbocycles. The molecule has 0 saturated carbocycles. The normalized spacial score (nSPS) is 15.3. The predicted octanol–water partition coefficient (Wildman–Crippen LogP) is 4.12. The first-order valence-corrected chi connectivity index (χ1v) is 8.90. The highest BCUT2D eigenvalue weighted by Crippen LogP contribution is 2.34. The first-order chi connectivity index (χ1) is 12.3. The van der Waals surface area contributed by atoms with E-state index in [2.05, 4.69) is 6.92 Å². The molecule has 0 bridgehead atoms. The van der Waals surface area contributed by atoms with E-state index in [4.69, 9.17) is 5.11 Å². The average molecular weight is 367 g/mol. The lowest BCUT2D eigenvalue weighted by Gasteiger charge is -2.30. The van der Waals surface area contributed by atoms with Crippen molar-refractivity contribution in [2.24, 2.45) is 0 Å². The lowest BCUT2D eigenvalue weighted by Crippen LogP contribution is -2.54. The number of aliphatic carboxylic acids is 1. The Balaban J connectivity index is 2.18. The first-order valence-electron chi connectivity index (χ1n) is 8.90. The van der Waals surface area contributed by atoms with Crippen LogP contribution in [-0.2, 0) is 4.79 Å². The zero-order chi connectivity index (χ0) is 19.3. The number of halogens is 2. The van der Waals surface area contributed by atoms with Gasteiger partial charge in [-0.15, -0.1) is 0 Å². The van der Waals surface area contributed by atoms with E-state index in [1.54, 1.807) is 0 Å². The van der Waals surface area contributed by atoms with Crippen molar-refractivity contribution in [2.75, 3.05) is 0 Å². The highest BCUT2D eigenvalue weighted by molar-refractivity contribution is 6.21. The Morgan fingerprint density at radius 3 is 2.04 bits per heavy atom. The van der Waals surface area contributed by atoms with Crippen LogP contribution >= 0.6 is 0 Å². The maximum absolute atomic E-state index is 14.3. The fourth-order valence-electron chi connectivity index (χ4n) is 3.22. The molecular formula is C19H23F2NO4. The number of fused-ring (bicyclic) bond motifs is 1. The number of hydrogen-bond acceptors (Lipinski definition) is 3. The van der Waals surface area contributed by atoms with E-state index in [0.717, 1.165) is 25.7 Å². The van der Waals surface area contributed by atoms with Crippen LogP contribution in [0.3, 0.4) is 0 Å². The monoisotopic (exact) mass is 367 g/mol. The molecule has 1 aliphatic heterocycles. The Bertz CT molecular complexity index is 655. The van der Waals surface area contributed by atoms with E-state index in [-0.39, 0.29) is 17.5 Å². The van der Waals surface area contributed by atoms with Gasteiger partial charge in [-0.3, -0.25) is 14.5 Å². The maximum Gasteiger partial charge on any atom is 0.376 e. The minimum atomic E-state index is -4.20. The minimum absolute atomic E-state index is 0.0339. The van der Waals surface area contributed by atoms with Crippen LogP contribution in [0.4, 0.5) is 8.78 Å². The summed E-state index contributed by atoms with van der Waals surface area (Å²) in [5, 5.41) is 8.93. The van der Waals surface area contributed by atoms with E-state index in [1.807, 2.05) is 0 Å². The fraction of sp³-hybridized carbons (Fsp3) is 0.526. The number of carbonyl (C=O) groups is 3. The molecule has 0 spiro atoms. The molecule has 142 valence electrons. The molecule has 0 saturated heterocycles. The number of unbranched alkanes of at least 4 members (excludes halogenated alkanes) is 5. The number of carboxylic acids is 1. The van der Waals surface area contributed by atoms with E-state index in [0.29, 0.717) is 17.7 Å². The molecule has 0 aliphatic carbocycles. The molecule has 7 heteroatoms. The van der Waals surface area contributed by atoms with Gasteiger partial charge >= 0.3 is 11.9 Å². The van der Waals surface area contributed by atoms with Gasteiger partial charge in [0.2, 0.25) is 0 Å². The van der Waals surface area contributed by atoms with Gasteiger partial charge in [0.15, 0.2) is 0 Å². The van der Waals surface area contributed by atoms with Crippen molar-refractivity contribution in [3.63, 3.8) is 0 Å². The molecule has 1 aromatic rings. The van der Waals surface area contributed by atoms with Crippen molar-refractivity contribution < 1.29 is 28.3 Å². The molecule has 1 atom stereocenters. The Morgan fingerprint density at radius 1 is 1.04 bits per heavy atom. The summed E-state index contributed by atoms with van der Waals surface area (Å²) in [5.74, 6) is -8.24. The standard InChI is InChI=1S/C19H23F2NO4/c1-2-3-4-5-6-7-12-15(19(20,21)18(25)26)22-16(23)13-10-8-9-11-14(13)17(22)24/h8-11,15H,2-7,12H2,1H3,(H,25,26)/t15-/m1/s1. The zero-order valence-corrected chi connectivity index (χ0v) is 14.7. The number of hydrogen-bond donors (Lipinski definition) is 1. The van der Waals surface area contributed by atoms with Crippen molar-refractivity contribution in [2.45, 2.75) is 63.8 Å². The molecule has 0 fully saturated rings. The molecule has 5 nitrogen and oxygen atoms in total. The van der Waals surface area contributed by atoms with Gasteiger partial charge in [0.1, 0.15) is 6.04 Å². The van der Waals surface area contributed by atoms with Crippen LogP contribution in [0.1, 0.15) is 72.6 Å². The second-order valence-electron chi connectivity index (χ2n) is 6.53. The average Bonchev–Trinajstić information content (AvgIpc) is 2.86. The molecule has 2 amide bonds. The van der Waals surface area contributed by atoms with E-state index in [9.17, 15) is 23.2 Å². The second-order valence-corrected chi connectivity index (χ2v) is 6.53. The Morgan fingerprint density at radius 2 is 1.54 bits per heavy atom. The summed E-state index contributed by atoms with van der Waals surface area (Å²) in [4.78, 5) is 36.5. The van der Waals surface area contributed by atoms with Gasteiger partial charge in [-0.2, -0.15) is 8.78 Å². The quantitative estimate of drug-likeness (QED) is 0.499. The topological polar surface area (TPSA) is 74.7 Å². The third-order valence-electron chi connectivity index (χ3n) is 4.67. The number of alkyl halides is 2. The summed E-state index contributed by atoms with van der Waals surface area (Å²) in [6.45, 7) is 2.06. The largest absolute Gasteiger partial charge is 0.477 e. The molecule has 0 radical (unpaired) electrons. The van der Waals surface area contributed by atoms with Crippen molar-refractivity contribution >= 4 is 17.8 Å². The second kappa shape index (κ2) is 8.38. The van der Waals surface area contributed by atoms with Crippen molar-refractivity contribution in [3.8, 4) is 0 Å². The number of benzene rings is 1. The smallest absolute Gasteiger partial charge is 0.376 e. The fourth-order valence-corrected chi connectivity index (χ4v) is 3.22. The highest BCUT2D eigenvalue weighted by Gasteiger charge is 2.55. The molecule has 1 aliphatic rings. The number of rotatable bonds is 10. The lowest BCUT2D eigenvalue weighted by atomic mass is 9.99. The molecular weight excluding hydrogens is 344 g/mol. The Kier molecular flexibility index (Phi) is 6.45. The van der Waals surface area contributed by atoms with Crippen molar-refractivity contribution in [1.82, 2.24) is 4.90 Å². The summed E-state index contributed by atoms with van der Waals surface area (Å²) < 4.78 is 28.6. The van der Waals surface area contributed by atoms with Crippen LogP contribution in [-0.4, -0.2) is 39.8 Å². The van der Waals surface area contributed by atoms with E-state index < -0.39 is 29.7 Å². The van der Waals surface area contributed by atoms with Gasteiger partial charge in [0.25, 0.3) is 11.8 Å². The number of imide groups is 1. The van der Waals surface area contributed by atoms with E-state index >= 15 is 0 Å². The SMILES string of the molecule is CCCCCCCC[C@@H](N1C(=O)c2ccccc2C1=O)C(F)(F)C(=O)O. The summed E-state index contributed by atoms with van der Waals surface area (Å²) in [6, 6.07) is 3.85. The van der Waals surface area contributed by atoms with Crippen LogP contribution in [0.25, 0.3) is 0 Å². The molecule has 26 heavy (non-hydrogen) atoms. The number of nitrogens with zero attached hydrogens (tertiary/aromatic N) is 1. The maximum atomic E-state index is 14.3. The molecule has 1 N–H and O–H groups in total. The predicted molar refractivity (Wildman–Crippen MR) is 91.3 cm³/mol. The van der Waals surface area contributed by atoms with Gasteiger partial charge in [0, 0.05) is 0 Å². The number of amides is 2. The number of carboxylic acid groups (broad SMARTS) is 1. The van der Waals surface area contributed by atoms with Crippen LogP contribution in [0.2, 0.25) is 0 Å². The van der Waals surface area contributed by atoms with Crippen LogP contribution in [0.15, 0.2) is 24.3 Å². The number of carbonyl (C=O) groups excluding carboxylic acids is 2. The summed E-state index contributed by atoms with van der Waals surface area (Å²) in [5.41, 5.74) is 0.0678. The third kappa shape index (κ3) is 3.92. The summed E-state index contributed by atoms with van der Waals surface area (Å²) >= 11 is 0. The molecule has 0 unspecified atom stereocenters. The van der Waals surface area contributed by atoms with Crippen molar-refractivity contribution in [3.05, 3.63) is 35.4 Å². The Labute approximate surface area is 151 Å². The third-order valence-corrected chi connectivity index (χ3v) is 4.67. The molecule has 0 aromatic heterocycles. The zero-order valence-electron chi connectivity index (χ0n) is 14.7. The van der Waals surface area contributed by atoms with Gasteiger partial charge in [-0.05, 0) is 18.6 Å². The van der Waals surface area contributed by atoms with Gasteiger partial charge < -0.3 is 5.11 Å². The molecule has 1 heterocycles. The van der Waals surface area contributed by atoms with Crippen molar-refractivity contribution in [1.29, 1.82) is 0 Å².